The summed E-state index contributed by atoms with van der Waals surface area (Å²) in [5, 5.41) is 3.81. The molecule has 2 heterocycles. The normalized spacial score (nSPS) is 17.8. The zero-order chi connectivity index (χ0) is 15.5. The van der Waals surface area contributed by atoms with Crippen LogP contribution in [0.4, 0.5) is 0 Å². The second-order valence-electron chi connectivity index (χ2n) is 5.66. The van der Waals surface area contributed by atoms with Crippen molar-refractivity contribution in [3.05, 3.63) is 35.5 Å². The first-order valence-electron chi connectivity index (χ1n) is 7.62. The molecule has 1 aromatic heterocycles. The van der Waals surface area contributed by atoms with Crippen molar-refractivity contribution in [2.24, 2.45) is 0 Å². The largest absolute Gasteiger partial charge is 0.376 e. The van der Waals surface area contributed by atoms with Crippen LogP contribution in [-0.4, -0.2) is 36.0 Å². The molecule has 0 saturated carbocycles. The highest BCUT2D eigenvalue weighted by atomic mass is 16.5. The molecule has 1 aliphatic rings. The maximum absolute atomic E-state index is 12.2. The number of amides is 1. The third kappa shape index (κ3) is 2.76. The molecular formula is C17H20N2O3. The molecule has 0 bridgehead atoms. The van der Waals surface area contributed by atoms with E-state index in [4.69, 9.17) is 4.74 Å². The molecule has 1 atom stereocenters. The summed E-state index contributed by atoms with van der Waals surface area (Å²) in [6.07, 6.45) is 3.06. The molecule has 0 aliphatic carbocycles. The van der Waals surface area contributed by atoms with Gasteiger partial charge in [-0.05, 0) is 25.8 Å². The number of aldehydes is 1. The summed E-state index contributed by atoms with van der Waals surface area (Å²) < 4.78 is 7.39. The summed E-state index contributed by atoms with van der Waals surface area (Å²) in [5.74, 6) is -0.0585. The van der Waals surface area contributed by atoms with E-state index in [1.54, 1.807) is 0 Å². The first-order valence-corrected chi connectivity index (χ1v) is 7.62. The van der Waals surface area contributed by atoms with Crippen LogP contribution in [0.1, 0.15) is 28.9 Å². The van der Waals surface area contributed by atoms with Gasteiger partial charge in [0.05, 0.1) is 6.10 Å². The Labute approximate surface area is 129 Å². The molecule has 2 aromatic rings. The number of aromatic nitrogens is 1. The van der Waals surface area contributed by atoms with E-state index in [2.05, 4.69) is 5.32 Å². The molecule has 5 nitrogen and oxygen atoms in total. The number of ether oxygens (including phenoxy) is 1. The molecule has 1 unspecified atom stereocenters. The molecule has 1 saturated heterocycles. The summed E-state index contributed by atoms with van der Waals surface area (Å²) in [7, 11) is 0. The lowest BCUT2D eigenvalue weighted by molar-refractivity contribution is -0.122. The molecule has 1 aliphatic heterocycles. The summed E-state index contributed by atoms with van der Waals surface area (Å²) in [4.78, 5) is 23.5. The number of para-hydroxylation sites is 1. The van der Waals surface area contributed by atoms with Crippen LogP contribution in [0.3, 0.4) is 0 Å². The Bertz CT molecular complexity index is 699. The number of benzene rings is 1. The average Bonchev–Trinajstić information content (AvgIpc) is 3.13. The minimum Gasteiger partial charge on any atom is -0.376 e. The van der Waals surface area contributed by atoms with Crippen LogP contribution in [0.25, 0.3) is 10.9 Å². The van der Waals surface area contributed by atoms with E-state index in [-0.39, 0.29) is 18.6 Å². The van der Waals surface area contributed by atoms with Gasteiger partial charge in [0.25, 0.3) is 0 Å². The fourth-order valence-electron chi connectivity index (χ4n) is 3.04. The summed E-state index contributed by atoms with van der Waals surface area (Å²) in [6, 6.07) is 7.66. The number of hydrogen-bond donors (Lipinski definition) is 1. The van der Waals surface area contributed by atoms with Gasteiger partial charge in [-0.25, -0.2) is 0 Å². The SMILES string of the molecule is Cc1c(C=O)c2ccccc2n1CC(=O)NCC1CCCO1. The van der Waals surface area contributed by atoms with Crippen molar-refractivity contribution in [1.29, 1.82) is 0 Å². The number of hydrogen-bond acceptors (Lipinski definition) is 3. The highest BCUT2D eigenvalue weighted by molar-refractivity contribution is 5.99. The summed E-state index contributed by atoms with van der Waals surface area (Å²) >= 11 is 0. The lowest BCUT2D eigenvalue weighted by Gasteiger charge is -2.12. The van der Waals surface area contributed by atoms with Gasteiger partial charge in [-0.1, -0.05) is 18.2 Å². The van der Waals surface area contributed by atoms with E-state index in [0.29, 0.717) is 12.1 Å². The minimum atomic E-state index is -0.0585. The lowest BCUT2D eigenvalue weighted by Crippen LogP contribution is -2.34. The number of nitrogens with one attached hydrogen (secondary N) is 1. The van der Waals surface area contributed by atoms with Crippen LogP contribution in [-0.2, 0) is 16.1 Å². The van der Waals surface area contributed by atoms with Gasteiger partial charge in [-0.2, -0.15) is 0 Å². The number of carbonyl (C=O) groups is 2. The van der Waals surface area contributed by atoms with Crippen molar-refractivity contribution in [2.45, 2.75) is 32.4 Å². The highest BCUT2D eigenvalue weighted by Crippen LogP contribution is 2.24. The number of nitrogens with zero attached hydrogens (tertiary/aromatic N) is 1. The Balaban J connectivity index is 1.76. The van der Waals surface area contributed by atoms with Gasteiger partial charge in [0.2, 0.25) is 5.91 Å². The molecule has 1 amide bonds. The maximum Gasteiger partial charge on any atom is 0.240 e. The van der Waals surface area contributed by atoms with Crippen LogP contribution in [0.5, 0.6) is 0 Å². The topological polar surface area (TPSA) is 60.3 Å². The van der Waals surface area contributed by atoms with Crippen molar-refractivity contribution in [2.75, 3.05) is 13.2 Å². The maximum atomic E-state index is 12.2. The summed E-state index contributed by atoms with van der Waals surface area (Å²) in [5.41, 5.74) is 2.39. The number of fused-ring (bicyclic) bond motifs is 1. The standard InChI is InChI=1S/C17H20N2O3/c1-12-15(11-20)14-6-2-3-7-16(14)19(12)10-17(21)18-9-13-5-4-8-22-13/h2-3,6-7,11,13H,4-5,8-10H2,1H3,(H,18,21). The second-order valence-corrected chi connectivity index (χ2v) is 5.66. The van der Waals surface area contributed by atoms with E-state index >= 15 is 0 Å². The number of carbonyl (C=O) groups excluding carboxylic acids is 2. The molecule has 116 valence electrons. The molecule has 1 aromatic carbocycles. The quantitative estimate of drug-likeness (QED) is 0.860. The van der Waals surface area contributed by atoms with E-state index in [9.17, 15) is 9.59 Å². The predicted octanol–water partition coefficient (Wildman–Crippen LogP) is 2.06. The molecular weight excluding hydrogens is 280 g/mol. The molecule has 5 heteroatoms. The van der Waals surface area contributed by atoms with Crippen molar-refractivity contribution >= 4 is 23.1 Å². The van der Waals surface area contributed by atoms with Gasteiger partial charge in [-0.3, -0.25) is 9.59 Å². The van der Waals surface area contributed by atoms with Gasteiger partial charge >= 0.3 is 0 Å². The molecule has 0 spiro atoms. The summed E-state index contributed by atoms with van der Waals surface area (Å²) in [6.45, 7) is 3.42. The van der Waals surface area contributed by atoms with Crippen LogP contribution in [0.2, 0.25) is 0 Å². The third-order valence-electron chi connectivity index (χ3n) is 4.25. The third-order valence-corrected chi connectivity index (χ3v) is 4.25. The van der Waals surface area contributed by atoms with Gasteiger partial charge < -0.3 is 14.6 Å². The molecule has 1 N–H and O–H groups in total. The highest BCUT2D eigenvalue weighted by Gasteiger charge is 2.18. The van der Waals surface area contributed by atoms with E-state index in [1.165, 1.54) is 0 Å². The first-order chi connectivity index (χ1) is 10.7. The van der Waals surface area contributed by atoms with Crippen molar-refractivity contribution in [3.63, 3.8) is 0 Å². The number of rotatable bonds is 5. The Hall–Kier alpha value is -2.14. The zero-order valence-electron chi connectivity index (χ0n) is 12.7. The molecule has 3 rings (SSSR count). The second kappa shape index (κ2) is 6.32. The van der Waals surface area contributed by atoms with Crippen molar-refractivity contribution < 1.29 is 14.3 Å². The van der Waals surface area contributed by atoms with Crippen molar-refractivity contribution in [3.8, 4) is 0 Å². The van der Waals surface area contributed by atoms with Crippen LogP contribution < -0.4 is 5.32 Å². The van der Waals surface area contributed by atoms with Crippen LogP contribution in [0.15, 0.2) is 24.3 Å². The Kier molecular flexibility index (Phi) is 4.24. The fourth-order valence-corrected chi connectivity index (χ4v) is 3.04. The first kappa shape index (κ1) is 14.8. The Morgan fingerprint density at radius 2 is 2.27 bits per heavy atom. The van der Waals surface area contributed by atoms with E-state index in [0.717, 1.165) is 42.3 Å². The molecule has 1 fully saturated rings. The Morgan fingerprint density at radius 1 is 1.45 bits per heavy atom. The monoisotopic (exact) mass is 300 g/mol. The minimum absolute atomic E-state index is 0.0585. The van der Waals surface area contributed by atoms with Gasteiger partial charge in [-0.15, -0.1) is 0 Å². The smallest absolute Gasteiger partial charge is 0.240 e. The van der Waals surface area contributed by atoms with Gasteiger partial charge in [0.1, 0.15) is 6.54 Å². The van der Waals surface area contributed by atoms with Crippen LogP contribution in [0, 0.1) is 6.92 Å². The van der Waals surface area contributed by atoms with Gasteiger partial charge in [0, 0.05) is 35.3 Å². The van der Waals surface area contributed by atoms with Crippen LogP contribution >= 0.6 is 0 Å². The van der Waals surface area contributed by atoms with Crippen molar-refractivity contribution in [1.82, 2.24) is 9.88 Å². The van der Waals surface area contributed by atoms with E-state index in [1.807, 2.05) is 35.8 Å². The Morgan fingerprint density at radius 3 is 3.00 bits per heavy atom. The predicted molar refractivity (Wildman–Crippen MR) is 84.0 cm³/mol. The average molecular weight is 300 g/mol. The lowest BCUT2D eigenvalue weighted by atomic mass is 10.1. The van der Waals surface area contributed by atoms with Gasteiger partial charge in [0.15, 0.2) is 6.29 Å². The molecule has 22 heavy (non-hydrogen) atoms. The molecule has 0 radical (unpaired) electrons. The fraction of sp³-hybridized carbons (Fsp3) is 0.412. The zero-order valence-corrected chi connectivity index (χ0v) is 12.7. The van der Waals surface area contributed by atoms with E-state index < -0.39 is 0 Å².